The lowest BCUT2D eigenvalue weighted by atomic mass is 10.0. The summed E-state index contributed by atoms with van der Waals surface area (Å²) in [4.78, 5) is 26.3. The van der Waals surface area contributed by atoms with Gasteiger partial charge in [-0.05, 0) is 34.3 Å². The number of rotatable bonds is 5. The molecule has 0 saturated heterocycles. The number of carbonyl (C=O) groups is 2. The highest BCUT2D eigenvalue weighted by Gasteiger charge is 2.23. The van der Waals surface area contributed by atoms with Gasteiger partial charge in [0.05, 0.1) is 7.11 Å². The van der Waals surface area contributed by atoms with Gasteiger partial charge in [-0.25, -0.2) is 4.79 Å². The Bertz CT molecular complexity index is 429. The van der Waals surface area contributed by atoms with E-state index in [0.29, 0.717) is 12.1 Å². The fourth-order valence-corrected chi connectivity index (χ4v) is 1.91. The number of nitrogens with one attached hydrogen (secondary N) is 2. The van der Waals surface area contributed by atoms with Crippen molar-refractivity contribution in [3.8, 4) is 0 Å². The molecule has 1 atom stereocenters. The standard InChI is InChI=1S/C12H17BrN2O3/c1-7(2)4-10(12(17)18-3)15-11(16)9-5-8(13)6-14-9/h5-7,10,14H,4H2,1-3H3,(H,15,16). The van der Waals surface area contributed by atoms with E-state index in [0.717, 1.165) is 4.47 Å². The highest BCUT2D eigenvalue weighted by molar-refractivity contribution is 9.10. The number of esters is 1. The van der Waals surface area contributed by atoms with Gasteiger partial charge in [0.2, 0.25) is 0 Å². The zero-order valence-electron chi connectivity index (χ0n) is 10.6. The number of ether oxygens (including phenoxy) is 1. The van der Waals surface area contributed by atoms with Gasteiger partial charge in [-0.15, -0.1) is 0 Å². The maximum Gasteiger partial charge on any atom is 0.328 e. The topological polar surface area (TPSA) is 71.2 Å². The van der Waals surface area contributed by atoms with Crippen molar-refractivity contribution in [3.63, 3.8) is 0 Å². The summed E-state index contributed by atoms with van der Waals surface area (Å²) in [6.07, 6.45) is 2.20. The molecule has 6 heteroatoms. The van der Waals surface area contributed by atoms with Crippen molar-refractivity contribution in [2.45, 2.75) is 26.3 Å². The van der Waals surface area contributed by atoms with Crippen molar-refractivity contribution in [1.29, 1.82) is 0 Å². The van der Waals surface area contributed by atoms with Crippen LogP contribution in [0.1, 0.15) is 30.8 Å². The van der Waals surface area contributed by atoms with Crippen LogP contribution in [0.5, 0.6) is 0 Å². The SMILES string of the molecule is COC(=O)C(CC(C)C)NC(=O)c1cc(Br)c[nH]1. The summed E-state index contributed by atoms with van der Waals surface area (Å²) in [6, 6.07) is 1.03. The zero-order chi connectivity index (χ0) is 13.7. The summed E-state index contributed by atoms with van der Waals surface area (Å²) in [5.74, 6) is -0.468. The van der Waals surface area contributed by atoms with Gasteiger partial charge < -0.3 is 15.0 Å². The minimum Gasteiger partial charge on any atom is -0.467 e. The molecule has 2 N–H and O–H groups in total. The van der Waals surface area contributed by atoms with E-state index >= 15 is 0 Å². The molecule has 0 aromatic carbocycles. The summed E-state index contributed by atoms with van der Waals surface area (Å²) in [5.41, 5.74) is 0.402. The van der Waals surface area contributed by atoms with Crippen LogP contribution < -0.4 is 5.32 Å². The number of methoxy groups -OCH3 is 1. The number of aromatic amines is 1. The predicted molar refractivity (Wildman–Crippen MR) is 71.2 cm³/mol. The predicted octanol–water partition coefficient (Wildman–Crippen LogP) is 2.09. The molecule has 1 unspecified atom stereocenters. The lowest BCUT2D eigenvalue weighted by Gasteiger charge is -2.17. The summed E-state index contributed by atoms with van der Waals surface area (Å²) >= 11 is 3.25. The Hall–Kier alpha value is -1.30. The fraction of sp³-hybridized carbons (Fsp3) is 0.500. The van der Waals surface area contributed by atoms with Crippen molar-refractivity contribution < 1.29 is 14.3 Å². The van der Waals surface area contributed by atoms with E-state index in [1.165, 1.54) is 7.11 Å². The number of amides is 1. The minimum atomic E-state index is -0.621. The summed E-state index contributed by atoms with van der Waals surface area (Å²) in [5, 5.41) is 2.66. The van der Waals surface area contributed by atoms with Gasteiger partial charge in [0.25, 0.3) is 5.91 Å². The molecule has 0 bridgehead atoms. The highest BCUT2D eigenvalue weighted by Crippen LogP contribution is 2.12. The molecule has 0 aliphatic heterocycles. The molecule has 18 heavy (non-hydrogen) atoms. The molecule has 1 aromatic heterocycles. The molecular formula is C12H17BrN2O3. The molecule has 0 saturated carbocycles. The molecule has 1 rings (SSSR count). The number of carbonyl (C=O) groups excluding carboxylic acids is 2. The first-order valence-electron chi connectivity index (χ1n) is 5.66. The molecule has 1 aromatic rings. The maximum absolute atomic E-state index is 11.9. The molecule has 0 fully saturated rings. The van der Waals surface area contributed by atoms with E-state index in [-0.39, 0.29) is 11.8 Å². The molecule has 0 aliphatic rings. The maximum atomic E-state index is 11.9. The molecule has 100 valence electrons. The van der Waals surface area contributed by atoms with Crippen LogP contribution in [0.25, 0.3) is 0 Å². The Balaban J connectivity index is 2.71. The fourth-order valence-electron chi connectivity index (χ4n) is 1.56. The van der Waals surface area contributed by atoms with Crippen LogP contribution >= 0.6 is 15.9 Å². The van der Waals surface area contributed by atoms with Crippen molar-refractivity contribution in [3.05, 3.63) is 22.4 Å². The summed E-state index contributed by atoms with van der Waals surface area (Å²) < 4.78 is 5.47. The normalized spacial score (nSPS) is 12.3. The van der Waals surface area contributed by atoms with Crippen molar-refractivity contribution in [1.82, 2.24) is 10.3 Å². The molecule has 0 spiro atoms. The Morgan fingerprint density at radius 1 is 1.50 bits per heavy atom. The van der Waals surface area contributed by atoms with E-state index in [9.17, 15) is 9.59 Å². The van der Waals surface area contributed by atoms with E-state index < -0.39 is 12.0 Å². The van der Waals surface area contributed by atoms with Gasteiger partial charge in [-0.3, -0.25) is 4.79 Å². The van der Waals surface area contributed by atoms with Crippen LogP contribution in [0, 0.1) is 5.92 Å². The molecular weight excluding hydrogens is 300 g/mol. The zero-order valence-corrected chi connectivity index (χ0v) is 12.2. The molecule has 1 amide bonds. The van der Waals surface area contributed by atoms with Gasteiger partial charge in [0, 0.05) is 10.7 Å². The smallest absolute Gasteiger partial charge is 0.328 e. The van der Waals surface area contributed by atoms with E-state index in [2.05, 4.69) is 31.0 Å². The third kappa shape index (κ3) is 4.18. The van der Waals surface area contributed by atoms with Gasteiger partial charge in [0.15, 0.2) is 0 Å². The van der Waals surface area contributed by atoms with Crippen LogP contribution in [0.2, 0.25) is 0 Å². The Labute approximate surface area is 114 Å². The Morgan fingerprint density at radius 3 is 2.61 bits per heavy atom. The summed E-state index contributed by atoms with van der Waals surface area (Å²) in [6.45, 7) is 3.96. The average Bonchev–Trinajstić information content (AvgIpc) is 2.73. The van der Waals surface area contributed by atoms with E-state index in [1.807, 2.05) is 13.8 Å². The van der Waals surface area contributed by atoms with Crippen LogP contribution in [-0.4, -0.2) is 30.0 Å². The lowest BCUT2D eigenvalue weighted by molar-refractivity contribution is -0.143. The molecule has 0 aliphatic carbocycles. The Kier molecular flexibility index (Phi) is 5.40. The highest BCUT2D eigenvalue weighted by atomic mass is 79.9. The van der Waals surface area contributed by atoms with Crippen molar-refractivity contribution in [2.75, 3.05) is 7.11 Å². The second kappa shape index (κ2) is 6.58. The first-order valence-corrected chi connectivity index (χ1v) is 6.46. The monoisotopic (exact) mass is 316 g/mol. The second-order valence-electron chi connectivity index (χ2n) is 4.41. The third-order valence-electron chi connectivity index (χ3n) is 2.39. The van der Waals surface area contributed by atoms with Gasteiger partial charge in [-0.1, -0.05) is 13.8 Å². The lowest BCUT2D eigenvalue weighted by Crippen LogP contribution is -2.42. The van der Waals surface area contributed by atoms with Crippen molar-refractivity contribution >= 4 is 27.8 Å². The number of hydrogen-bond acceptors (Lipinski definition) is 3. The third-order valence-corrected chi connectivity index (χ3v) is 2.85. The quantitative estimate of drug-likeness (QED) is 0.817. The summed E-state index contributed by atoms with van der Waals surface area (Å²) in [7, 11) is 1.31. The first-order chi connectivity index (χ1) is 8.43. The van der Waals surface area contributed by atoms with Gasteiger partial charge in [0.1, 0.15) is 11.7 Å². The van der Waals surface area contributed by atoms with Crippen LogP contribution in [0.3, 0.4) is 0 Å². The average molecular weight is 317 g/mol. The Morgan fingerprint density at radius 2 is 2.17 bits per heavy atom. The van der Waals surface area contributed by atoms with E-state index in [1.54, 1.807) is 12.3 Å². The molecule has 5 nitrogen and oxygen atoms in total. The van der Waals surface area contributed by atoms with Gasteiger partial charge >= 0.3 is 5.97 Å². The molecule has 1 heterocycles. The number of aromatic nitrogens is 1. The van der Waals surface area contributed by atoms with Crippen LogP contribution in [-0.2, 0) is 9.53 Å². The molecule has 0 radical (unpaired) electrons. The van der Waals surface area contributed by atoms with Crippen LogP contribution in [0.4, 0.5) is 0 Å². The van der Waals surface area contributed by atoms with E-state index in [4.69, 9.17) is 0 Å². The largest absolute Gasteiger partial charge is 0.467 e. The second-order valence-corrected chi connectivity index (χ2v) is 5.33. The first kappa shape index (κ1) is 14.8. The van der Waals surface area contributed by atoms with Crippen molar-refractivity contribution in [2.24, 2.45) is 5.92 Å². The number of hydrogen-bond donors (Lipinski definition) is 2. The number of H-pyrrole nitrogens is 1. The number of halogens is 1. The minimum absolute atomic E-state index is 0.282. The van der Waals surface area contributed by atoms with Gasteiger partial charge in [-0.2, -0.15) is 0 Å². The van der Waals surface area contributed by atoms with Crippen LogP contribution in [0.15, 0.2) is 16.7 Å².